The van der Waals surface area contributed by atoms with E-state index in [-0.39, 0.29) is 0 Å². The van der Waals surface area contributed by atoms with Crippen LogP contribution in [0.2, 0.25) is 0 Å². The molecule has 0 aromatic heterocycles. The van der Waals surface area contributed by atoms with Crippen LogP contribution in [0.25, 0.3) is 0 Å². The van der Waals surface area contributed by atoms with Gasteiger partial charge in [-0.05, 0) is 15.8 Å². The quantitative estimate of drug-likeness (QED) is 0.513. The van der Waals surface area contributed by atoms with Crippen LogP contribution in [0.5, 0.6) is 0 Å². The highest BCUT2D eigenvalue weighted by Crippen LogP contribution is 2.21. The first-order chi connectivity index (χ1) is 5.36. The minimum atomic E-state index is 0.416. The van der Waals surface area contributed by atoms with Gasteiger partial charge in [-0.15, -0.1) is 0 Å². The van der Waals surface area contributed by atoms with Gasteiger partial charge in [-0.1, -0.05) is 23.1 Å². The summed E-state index contributed by atoms with van der Waals surface area (Å²) in [7, 11) is 0. The summed E-state index contributed by atoms with van der Waals surface area (Å²) in [6.45, 7) is 0.416. The third kappa shape index (κ3) is 1.05. The van der Waals surface area contributed by atoms with Gasteiger partial charge in [-0.25, -0.2) is 0 Å². The molecule has 0 atom stereocenters. The summed E-state index contributed by atoms with van der Waals surface area (Å²) in [4.78, 5) is 14.8. The van der Waals surface area contributed by atoms with Crippen LogP contribution < -0.4 is 0 Å². The van der Waals surface area contributed by atoms with E-state index in [0.29, 0.717) is 6.54 Å². The van der Waals surface area contributed by atoms with E-state index in [0.717, 1.165) is 16.0 Å². The van der Waals surface area contributed by atoms with Crippen LogP contribution in [0, 0.1) is 4.91 Å². The van der Waals surface area contributed by atoms with E-state index in [9.17, 15) is 4.91 Å². The van der Waals surface area contributed by atoms with Crippen LogP contribution in [0.15, 0.2) is 29.3 Å². The Labute approximate surface area is 64.0 Å². The molecule has 0 bridgehead atoms. The van der Waals surface area contributed by atoms with Crippen molar-refractivity contribution in [3.05, 3.63) is 34.7 Å². The predicted molar refractivity (Wildman–Crippen MR) is 41.9 cm³/mol. The molecule has 0 aliphatic carbocycles. The highest BCUT2D eigenvalue weighted by molar-refractivity contribution is 5.59. The van der Waals surface area contributed by atoms with Crippen LogP contribution in [0.3, 0.4) is 0 Å². The molecule has 0 spiro atoms. The Morgan fingerprint density at radius 3 is 3.09 bits per heavy atom. The Kier molecular flexibility index (Phi) is 1.28. The molecular weight excluding hydrogens is 140 g/mol. The van der Waals surface area contributed by atoms with Crippen molar-refractivity contribution in [2.24, 2.45) is 4.99 Å². The van der Waals surface area contributed by atoms with E-state index < -0.39 is 0 Å². The van der Waals surface area contributed by atoms with Gasteiger partial charge in [-0.2, -0.15) is 0 Å². The zero-order chi connectivity index (χ0) is 7.68. The molecule has 0 saturated heterocycles. The van der Waals surface area contributed by atoms with Crippen LogP contribution in [0.4, 0.5) is 5.69 Å². The summed E-state index contributed by atoms with van der Waals surface area (Å²) in [5.41, 5.74) is 1.89. The molecule has 3 nitrogen and oxygen atoms in total. The molecule has 3 heteroatoms. The van der Waals surface area contributed by atoms with E-state index in [4.69, 9.17) is 0 Å². The Bertz CT molecular complexity index is 331. The normalized spacial score (nSPS) is 14.7. The Morgan fingerprint density at radius 1 is 1.36 bits per heavy atom. The summed E-state index contributed by atoms with van der Waals surface area (Å²) >= 11 is 0. The Balaban J connectivity index is 2.54. The number of aliphatic imine (C=N–C) groups is 1. The molecule has 11 heavy (non-hydrogen) atoms. The molecule has 0 radical (unpaired) electrons. The van der Waals surface area contributed by atoms with Crippen LogP contribution >= 0.6 is 0 Å². The fraction of sp³-hybridized carbons (Fsp3) is 0.125. The van der Waals surface area contributed by atoms with Crippen molar-refractivity contribution in [2.75, 3.05) is 0 Å². The number of fused-ring (bicyclic) bond motifs is 1. The zero-order valence-corrected chi connectivity index (χ0v) is 5.90. The fourth-order valence-corrected chi connectivity index (χ4v) is 1.11. The first kappa shape index (κ1) is 6.22. The molecule has 0 unspecified atom stereocenters. The smallest absolute Gasteiger partial charge is 0.0654 e. The van der Waals surface area contributed by atoms with Crippen LogP contribution in [-0.2, 0) is 6.54 Å². The third-order valence-electron chi connectivity index (χ3n) is 1.64. The van der Waals surface area contributed by atoms with Gasteiger partial charge in [0.2, 0.25) is 0 Å². The molecule has 1 aliphatic heterocycles. The lowest BCUT2D eigenvalue weighted by Crippen LogP contribution is -2.08. The van der Waals surface area contributed by atoms with Crippen LogP contribution in [0.1, 0.15) is 5.56 Å². The number of para-hydroxylation sites is 1. The maximum Gasteiger partial charge on any atom is 0.325 e. The van der Waals surface area contributed by atoms with E-state index in [2.05, 4.69) is 4.99 Å². The maximum absolute atomic E-state index is 10.8. The lowest BCUT2D eigenvalue weighted by atomic mass is 10.1. The summed E-state index contributed by atoms with van der Waals surface area (Å²) in [5.74, 6) is 0. The molecule has 0 saturated carbocycles. The maximum atomic E-state index is 10.8. The largest absolute Gasteiger partial charge is 0.325 e. The van der Waals surface area contributed by atoms with Gasteiger partial charge < -0.3 is 0 Å². The third-order valence-corrected chi connectivity index (χ3v) is 1.64. The van der Waals surface area contributed by atoms with Gasteiger partial charge in [0.05, 0.1) is 0 Å². The Morgan fingerprint density at radius 2 is 2.18 bits per heavy atom. The highest BCUT2D eigenvalue weighted by atomic mass is 16.3. The molecule has 1 aromatic carbocycles. The molecule has 2 rings (SSSR count). The van der Waals surface area contributed by atoms with E-state index in [1.165, 1.54) is 6.34 Å². The number of hydrogen-bond acceptors (Lipinski definition) is 2. The van der Waals surface area contributed by atoms with Gasteiger partial charge in [0, 0.05) is 5.56 Å². The molecular formula is C8H7N2O+. The van der Waals surface area contributed by atoms with Gasteiger partial charge in [-0.3, -0.25) is 0 Å². The first-order valence-corrected chi connectivity index (χ1v) is 3.42. The number of nitroso groups, excluding NO2 is 1. The second-order valence-electron chi connectivity index (χ2n) is 2.45. The average Bonchev–Trinajstić information content (AvgIpc) is 2.04. The van der Waals surface area contributed by atoms with E-state index >= 15 is 0 Å². The zero-order valence-electron chi connectivity index (χ0n) is 5.90. The molecule has 1 aliphatic rings. The van der Waals surface area contributed by atoms with Crippen molar-refractivity contribution in [1.29, 1.82) is 0 Å². The average molecular weight is 147 g/mol. The molecule has 54 valence electrons. The topological polar surface area (TPSA) is 32.4 Å². The SMILES string of the molecule is O=[N+]1C=Nc2ccccc2C1. The van der Waals surface area contributed by atoms with Gasteiger partial charge in [0.15, 0.2) is 12.2 Å². The highest BCUT2D eigenvalue weighted by Gasteiger charge is 2.15. The van der Waals surface area contributed by atoms with Crippen molar-refractivity contribution in [3.63, 3.8) is 0 Å². The monoisotopic (exact) mass is 147 g/mol. The van der Waals surface area contributed by atoms with Crippen LogP contribution in [-0.4, -0.2) is 11.1 Å². The Hall–Kier alpha value is -1.51. The number of nitrogens with zero attached hydrogens (tertiary/aromatic N) is 2. The summed E-state index contributed by atoms with van der Waals surface area (Å²) < 4.78 is 0.822. The standard InChI is InChI=1S/C8H7N2O/c11-10-5-7-3-1-2-4-8(7)9-6-10/h1-4,6H,5H2/q+1. The minimum absolute atomic E-state index is 0.416. The van der Waals surface area contributed by atoms with Crippen molar-refractivity contribution in [3.8, 4) is 0 Å². The number of rotatable bonds is 0. The first-order valence-electron chi connectivity index (χ1n) is 3.42. The molecule has 1 aromatic rings. The van der Waals surface area contributed by atoms with E-state index in [1.54, 1.807) is 0 Å². The van der Waals surface area contributed by atoms with Gasteiger partial charge in [0.1, 0.15) is 0 Å². The summed E-state index contributed by atoms with van der Waals surface area (Å²) in [5, 5.41) is 0. The second kappa shape index (κ2) is 2.27. The van der Waals surface area contributed by atoms with Crippen molar-refractivity contribution >= 4 is 12.0 Å². The molecule has 0 amide bonds. The fourth-order valence-electron chi connectivity index (χ4n) is 1.11. The molecule has 1 heterocycles. The van der Waals surface area contributed by atoms with Gasteiger partial charge in [0.25, 0.3) is 0 Å². The van der Waals surface area contributed by atoms with Gasteiger partial charge >= 0.3 is 6.34 Å². The molecule has 0 N–H and O–H groups in total. The van der Waals surface area contributed by atoms with Crippen molar-refractivity contribution in [2.45, 2.75) is 6.54 Å². The summed E-state index contributed by atoms with van der Waals surface area (Å²) in [6, 6.07) is 7.64. The lowest BCUT2D eigenvalue weighted by Gasteiger charge is -1.99. The van der Waals surface area contributed by atoms with Crippen molar-refractivity contribution in [1.82, 2.24) is 0 Å². The summed E-state index contributed by atoms with van der Waals surface area (Å²) in [6.07, 6.45) is 1.31. The minimum Gasteiger partial charge on any atom is -0.0654 e. The molecule has 0 fully saturated rings. The van der Waals surface area contributed by atoms with E-state index in [1.807, 2.05) is 24.3 Å². The number of benzene rings is 1. The number of hydrogen-bond donors (Lipinski definition) is 0. The predicted octanol–water partition coefficient (Wildman–Crippen LogP) is 1.64. The lowest BCUT2D eigenvalue weighted by molar-refractivity contribution is -0.440. The second-order valence-corrected chi connectivity index (χ2v) is 2.45. The van der Waals surface area contributed by atoms with Crippen molar-refractivity contribution < 1.29 is 4.76 Å².